The molecule has 0 spiro atoms. The van der Waals surface area contributed by atoms with E-state index in [4.69, 9.17) is 4.74 Å². The number of hydrogen-bond acceptors (Lipinski definition) is 22. The average Bonchev–Trinajstić information content (AvgIpc) is 2.90. The molecule has 1 saturated heterocycles. The number of anilines is 2. The summed E-state index contributed by atoms with van der Waals surface area (Å²) in [5, 5.41) is 167. The third-order valence-corrected chi connectivity index (χ3v) is 7.51. The van der Waals surface area contributed by atoms with Gasteiger partial charge in [-0.1, -0.05) is 15.9 Å². The maximum Gasteiger partial charge on any atom is 0.364 e. The highest BCUT2D eigenvalue weighted by Crippen LogP contribution is 2.57. The highest BCUT2D eigenvalue weighted by Gasteiger charge is 2.93. The van der Waals surface area contributed by atoms with Crippen LogP contribution in [0.2, 0.25) is 0 Å². The normalized spacial score (nSPS) is 20.2. The van der Waals surface area contributed by atoms with Crippen LogP contribution in [-0.4, -0.2) is 145 Å². The van der Waals surface area contributed by atoms with Crippen LogP contribution in [-0.2, 0) is 0 Å². The number of piperidine rings is 1. The number of nitrogens with one attached hydrogen (secondary N) is 2. The van der Waals surface area contributed by atoms with Crippen molar-refractivity contribution in [3.8, 4) is 23.0 Å². The van der Waals surface area contributed by atoms with Crippen LogP contribution in [0, 0.1) is 5.82 Å². The van der Waals surface area contributed by atoms with Gasteiger partial charge in [0.25, 0.3) is 29.0 Å². The lowest BCUT2D eigenvalue weighted by Gasteiger charge is -2.64. The smallest absolute Gasteiger partial charge is 0.364 e. The Balaban J connectivity index is 1.98. The van der Waals surface area contributed by atoms with Crippen molar-refractivity contribution in [1.29, 1.82) is 0 Å². The Labute approximate surface area is 264 Å². The molecule has 3 aromatic rings. The lowest BCUT2D eigenvalue weighted by atomic mass is 9.72. The Hall–Kier alpha value is -3.61. The van der Waals surface area contributed by atoms with Crippen LogP contribution in [0.15, 0.2) is 27.5 Å². The Kier molecular flexibility index (Phi) is 8.25. The summed E-state index contributed by atoms with van der Waals surface area (Å²) in [5.41, 5.74) is -8.32. The summed E-state index contributed by atoms with van der Waals surface area (Å²) in [6, 6.07) is 3.46. The number of ether oxygens (including phenoxy) is 2. The number of aromatic amines is 1. The molecular weight excluding hydrogens is 723 g/mol. The Morgan fingerprint density at radius 3 is 1.91 bits per heavy atom. The van der Waals surface area contributed by atoms with Crippen molar-refractivity contribution in [3.05, 3.63) is 39.0 Å². The quantitative estimate of drug-likeness (QED) is 0.0788. The third kappa shape index (κ3) is 4.85. The molecule has 1 aliphatic rings. The summed E-state index contributed by atoms with van der Waals surface area (Å²) >= 11 is 3.02. The molecule has 1 aromatic heterocycles. The first-order valence-corrected chi connectivity index (χ1v) is 12.8. The van der Waals surface area contributed by atoms with Crippen molar-refractivity contribution in [3.63, 3.8) is 0 Å². The number of H-pyrrole nitrogens is 1. The summed E-state index contributed by atoms with van der Waals surface area (Å²) in [5.74, 6) is -34.7. The molecule has 1 aliphatic heterocycles. The minimum atomic E-state index is -5.61. The molecule has 18 N–H and O–H groups in total. The SMILES string of the molecule is COc1c(OC(O)(O)C2(O)C(O)(O)C(O)(O)N(C(O)(O)O)C(O)(O)C2(O)O)c(O)c2[nH]c(=O)nc(Nc3ccc(Br)cc3F)c2c1O. The number of rotatable bonds is 7. The second-order valence-corrected chi connectivity index (χ2v) is 10.8. The van der Waals surface area contributed by atoms with Gasteiger partial charge in [-0.25, -0.2) is 9.18 Å². The molecule has 25 heteroatoms. The van der Waals surface area contributed by atoms with Gasteiger partial charge in [0.1, 0.15) is 17.2 Å². The van der Waals surface area contributed by atoms with E-state index in [1.807, 2.05) is 4.98 Å². The zero-order chi connectivity index (χ0) is 36.1. The Morgan fingerprint density at radius 2 is 1.45 bits per heavy atom. The van der Waals surface area contributed by atoms with Crippen LogP contribution in [0.1, 0.15) is 0 Å². The van der Waals surface area contributed by atoms with E-state index in [1.54, 1.807) is 0 Å². The lowest BCUT2D eigenvalue weighted by Crippen LogP contribution is -2.99. The van der Waals surface area contributed by atoms with Gasteiger partial charge in [0, 0.05) is 4.47 Å². The molecule has 47 heavy (non-hydrogen) atoms. The standard InChI is InChI=1S/C22H24BrFN4O19/c1-46-12-10(29)8-9(26-15(31)27-14(8)25-7-3-2-5(23)4-6(7)24)11(30)13(12)47-21(41,42)16(32)17(33,34)19(37,38)28(22(43,44)45)20(39,40)18(16,35)36/h2-4,29-30,32-45H,1H3,(H2,25,26,27,31). The predicted molar refractivity (Wildman–Crippen MR) is 142 cm³/mol. The number of halogens is 2. The molecule has 4 rings (SSSR count). The summed E-state index contributed by atoms with van der Waals surface area (Å²) in [7, 11) is 0.685. The topological polar surface area (TPSA) is 403 Å². The molecule has 0 aliphatic carbocycles. The van der Waals surface area contributed by atoms with E-state index in [1.165, 1.54) is 6.07 Å². The van der Waals surface area contributed by atoms with E-state index in [9.17, 15) is 90.9 Å². The molecule has 1 fully saturated rings. The van der Waals surface area contributed by atoms with Crippen LogP contribution in [0.3, 0.4) is 0 Å². The van der Waals surface area contributed by atoms with E-state index in [-0.39, 0.29) is 10.2 Å². The molecule has 0 atom stereocenters. The summed E-state index contributed by atoms with van der Waals surface area (Å²) < 4.78 is 24.1. The zero-order valence-corrected chi connectivity index (χ0v) is 24.3. The monoisotopic (exact) mass is 746 g/mol. The average molecular weight is 747 g/mol. The second-order valence-electron chi connectivity index (χ2n) is 9.92. The van der Waals surface area contributed by atoms with Gasteiger partial charge in [-0.15, -0.1) is 4.90 Å². The predicted octanol–water partition coefficient (Wildman–Crippen LogP) is -6.72. The minimum absolute atomic E-state index is 0.282. The molecule has 0 radical (unpaired) electrons. The fourth-order valence-corrected chi connectivity index (χ4v) is 5.10. The number of fused-ring (bicyclic) bond motifs is 1. The van der Waals surface area contributed by atoms with Crippen LogP contribution in [0.5, 0.6) is 23.0 Å². The van der Waals surface area contributed by atoms with E-state index in [0.29, 0.717) is 7.11 Å². The number of likely N-dealkylation sites (tertiary alicyclic amines) is 1. The molecule has 0 bridgehead atoms. The van der Waals surface area contributed by atoms with Gasteiger partial charge in [-0.2, -0.15) is 4.98 Å². The first-order chi connectivity index (χ1) is 21.1. The fraction of sp³-hybridized carbons (Fsp3) is 0.364. The molecule has 23 nitrogen and oxygen atoms in total. The lowest BCUT2D eigenvalue weighted by molar-refractivity contribution is -0.665. The number of aliphatic hydroxyl groups is 14. The van der Waals surface area contributed by atoms with E-state index in [2.05, 4.69) is 31.0 Å². The number of benzene rings is 2. The Bertz CT molecular complexity index is 1780. The highest BCUT2D eigenvalue weighted by atomic mass is 79.9. The van der Waals surface area contributed by atoms with Gasteiger partial charge in [-0.05, 0) is 18.2 Å². The van der Waals surface area contributed by atoms with Gasteiger partial charge in [0.2, 0.25) is 11.5 Å². The summed E-state index contributed by atoms with van der Waals surface area (Å²) in [6.45, 7) is 0. The minimum Gasteiger partial charge on any atom is -0.504 e. The van der Waals surface area contributed by atoms with Gasteiger partial charge in [0.15, 0.2) is 11.5 Å². The second kappa shape index (κ2) is 10.7. The highest BCUT2D eigenvalue weighted by molar-refractivity contribution is 9.10. The van der Waals surface area contributed by atoms with Crippen molar-refractivity contribution in [1.82, 2.24) is 14.9 Å². The van der Waals surface area contributed by atoms with E-state index >= 15 is 0 Å². The summed E-state index contributed by atoms with van der Waals surface area (Å²) in [4.78, 5) is 15.9. The van der Waals surface area contributed by atoms with Crippen molar-refractivity contribution < 1.29 is 95.6 Å². The van der Waals surface area contributed by atoms with Crippen LogP contribution in [0.25, 0.3) is 10.9 Å². The number of phenolic OH excluding ortho intramolecular Hbond substituents is 2. The van der Waals surface area contributed by atoms with E-state index in [0.717, 1.165) is 12.1 Å². The molecule has 2 heterocycles. The number of phenols is 2. The molecule has 0 saturated carbocycles. The number of hydrogen-bond donors (Lipinski definition) is 18. The Morgan fingerprint density at radius 1 is 0.915 bits per heavy atom. The number of methoxy groups -OCH3 is 1. The van der Waals surface area contributed by atoms with Crippen LogP contribution in [0.4, 0.5) is 15.9 Å². The van der Waals surface area contributed by atoms with Gasteiger partial charge in [0.05, 0.1) is 18.2 Å². The number of aromatic hydroxyl groups is 2. The maximum absolute atomic E-state index is 14.5. The van der Waals surface area contributed by atoms with E-state index < -0.39 is 97.2 Å². The van der Waals surface area contributed by atoms with Gasteiger partial charge >= 0.3 is 17.8 Å². The van der Waals surface area contributed by atoms with Crippen molar-refractivity contribution in [2.24, 2.45) is 0 Å². The number of nitrogens with zero attached hydrogens (tertiary/aromatic N) is 2. The maximum atomic E-state index is 14.5. The van der Waals surface area contributed by atoms with Crippen LogP contribution < -0.4 is 20.5 Å². The molecule has 260 valence electrons. The first kappa shape index (κ1) is 36.2. The van der Waals surface area contributed by atoms with Gasteiger partial charge in [-0.3, -0.25) is 0 Å². The van der Waals surface area contributed by atoms with Gasteiger partial charge < -0.3 is 101 Å². The van der Waals surface area contributed by atoms with Crippen LogP contribution >= 0.6 is 15.9 Å². The van der Waals surface area contributed by atoms with Crippen molar-refractivity contribution >= 4 is 38.3 Å². The van der Waals surface area contributed by atoms with Crippen molar-refractivity contribution in [2.75, 3.05) is 12.4 Å². The first-order valence-electron chi connectivity index (χ1n) is 12.0. The number of aromatic nitrogens is 2. The molecule has 0 unspecified atom stereocenters. The largest absolute Gasteiger partial charge is 0.504 e. The van der Waals surface area contributed by atoms with Crippen molar-refractivity contribution in [2.45, 2.75) is 41.1 Å². The summed E-state index contributed by atoms with van der Waals surface area (Å²) in [6.07, 6.45) is -5.08. The molecule has 0 amide bonds. The molecular formula is C22H24BrFN4O19. The third-order valence-electron chi connectivity index (χ3n) is 7.01. The molecule has 2 aromatic carbocycles. The fourth-order valence-electron chi connectivity index (χ4n) is 4.76. The zero-order valence-electron chi connectivity index (χ0n) is 22.8.